The van der Waals surface area contributed by atoms with Crippen LogP contribution in [-0.2, 0) is 6.18 Å². The van der Waals surface area contributed by atoms with E-state index in [1.54, 1.807) is 0 Å². The summed E-state index contributed by atoms with van der Waals surface area (Å²) >= 11 is 0. The zero-order valence-corrected chi connectivity index (χ0v) is 13.5. The van der Waals surface area contributed by atoms with Gasteiger partial charge in [-0.15, -0.1) is 0 Å². The van der Waals surface area contributed by atoms with Gasteiger partial charge >= 0.3 is 12.1 Å². The van der Waals surface area contributed by atoms with E-state index in [0.717, 1.165) is 30.5 Å². The predicted molar refractivity (Wildman–Crippen MR) is 84.9 cm³/mol. The highest BCUT2D eigenvalue weighted by Gasteiger charge is 2.32. The number of pyridine rings is 1. The molecule has 0 atom stereocenters. The van der Waals surface area contributed by atoms with Crippen LogP contribution in [0.1, 0.15) is 16.1 Å². The predicted octanol–water partition coefficient (Wildman–Crippen LogP) is 3.29. The number of nitrogens with zero attached hydrogens (tertiary/aromatic N) is 3. The van der Waals surface area contributed by atoms with Crippen LogP contribution >= 0.6 is 0 Å². The summed E-state index contributed by atoms with van der Waals surface area (Å²) in [5.41, 5.74) is -3.83. The van der Waals surface area contributed by atoms with Gasteiger partial charge in [0.05, 0.1) is 11.4 Å². The molecule has 11 heteroatoms. The molecule has 0 fully saturated rings. The molecule has 0 spiro atoms. The third-order valence-electron chi connectivity index (χ3n) is 3.58. The minimum Gasteiger partial charge on any atom is -0.477 e. The second-order valence-electron chi connectivity index (χ2n) is 5.52. The fourth-order valence-corrected chi connectivity index (χ4v) is 2.34. The van der Waals surface area contributed by atoms with Crippen LogP contribution < -0.4 is 5.56 Å². The number of alkyl halides is 3. The van der Waals surface area contributed by atoms with Crippen molar-refractivity contribution in [3.05, 3.63) is 75.8 Å². The molecule has 0 aliphatic rings. The molecule has 0 radical (unpaired) electrons. The smallest absolute Gasteiger partial charge is 0.433 e. The summed E-state index contributed by atoms with van der Waals surface area (Å²) in [4.78, 5) is 26.9. The fraction of sp³-hybridized carbons (Fsp3) is 0.0588. The minimum atomic E-state index is -4.68. The third-order valence-corrected chi connectivity index (χ3v) is 3.58. The van der Waals surface area contributed by atoms with Gasteiger partial charge in [0, 0.05) is 17.8 Å². The summed E-state index contributed by atoms with van der Waals surface area (Å²) in [6.07, 6.45) is -3.90. The lowest BCUT2D eigenvalue weighted by molar-refractivity contribution is -0.141. The van der Waals surface area contributed by atoms with Crippen molar-refractivity contribution in [2.45, 2.75) is 6.18 Å². The molecule has 0 aliphatic carbocycles. The maximum atomic E-state index is 13.5. The molecule has 3 aromatic rings. The van der Waals surface area contributed by atoms with Gasteiger partial charge in [-0.3, -0.25) is 9.78 Å². The Morgan fingerprint density at radius 2 is 1.68 bits per heavy atom. The molecule has 0 unspecified atom stereocenters. The van der Waals surface area contributed by atoms with E-state index in [1.807, 2.05) is 0 Å². The van der Waals surface area contributed by atoms with E-state index >= 15 is 0 Å². The Kier molecular flexibility index (Phi) is 4.67. The Bertz CT molecular complexity index is 1100. The summed E-state index contributed by atoms with van der Waals surface area (Å²) in [7, 11) is 0. The van der Waals surface area contributed by atoms with Gasteiger partial charge in [-0.1, -0.05) is 0 Å². The number of hydrogen-bond acceptors (Lipinski definition) is 4. The summed E-state index contributed by atoms with van der Waals surface area (Å²) < 4.78 is 65.3. The average Bonchev–Trinajstić information content (AvgIpc) is 2.60. The van der Waals surface area contributed by atoms with Gasteiger partial charge in [0.25, 0.3) is 5.56 Å². The van der Waals surface area contributed by atoms with Crippen LogP contribution in [0, 0.1) is 11.6 Å². The number of aromatic carboxylic acids is 1. The third kappa shape index (κ3) is 3.72. The summed E-state index contributed by atoms with van der Waals surface area (Å²) in [6.45, 7) is 0. The molecule has 0 saturated carbocycles. The Balaban J connectivity index is 2.22. The molecule has 2 aromatic heterocycles. The molecule has 0 amide bonds. The normalized spacial score (nSPS) is 11.5. The molecule has 1 N–H and O–H groups in total. The van der Waals surface area contributed by atoms with Crippen LogP contribution in [0.15, 0.2) is 47.4 Å². The molecule has 2 heterocycles. The molecule has 0 saturated heterocycles. The van der Waals surface area contributed by atoms with E-state index in [0.29, 0.717) is 16.8 Å². The zero-order valence-electron chi connectivity index (χ0n) is 13.5. The van der Waals surface area contributed by atoms with E-state index in [1.165, 1.54) is 0 Å². The van der Waals surface area contributed by atoms with Gasteiger partial charge < -0.3 is 5.11 Å². The lowest BCUT2D eigenvalue weighted by Crippen LogP contribution is -2.28. The van der Waals surface area contributed by atoms with Gasteiger partial charge in [-0.2, -0.15) is 23.0 Å². The molecular formula is C17H8F5N3O3. The zero-order chi connectivity index (χ0) is 20.6. The Hall–Kier alpha value is -3.63. The SMILES string of the molecule is O=C(O)c1cc(-c2ccc(C(F)(F)F)nc2)nn(-c2cc(F)cc(F)c2)c1=O. The Morgan fingerprint density at radius 1 is 1.04 bits per heavy atom. The molecule has 0 aliphatic heterocycles. The summed E-state index contributed by atoms with van der Waals surface area (Å²) in [5, 5.41) is 13.0. The molecule has 28 heavy (non-hydrogen) atoms. The second-order valence-corrected chi connectivity index (χ2v) is 5.52. The van der Waals surface area contributed by atoms with Gasteiger partial charge in [-0.25, -0.2) is 13.6 Å². The molecule has 1 aromatic carbocycles. The second kappa shape index (κ2) is 6.83. The van der Waals surface area contributed by atoms with Crippen LogP contribution in [-0.4, -0.2) is 25.8 Å². The van der Waals surface area contributed by atoms with Crippen molar-refractivity contribution < 1.29 is 31.9 Å². The van der Waals surface area contributed by atoms with E-state index < -0.39 is 46.3 Å². The van der Waals surface area contributed by atoms with Gasteiger partial charge in [-0.05, 0) is 30.3 Å². The monoisotopic (exact) mass is 397 g/mol. The Labute approximate surface area is 152 Å². The fourth-order valence-electron chi connectivity index (χ4n) is 2.34. The number of benzene rings is 1. The average molecular weight is 397 g/mol. The molecule has 6 nitrogen and oxygen atoms in total. The maximum Gasteiger partial charge on any atom is 0.433 e. The first-order valence-corrected chi connectivity index (χ1v) is 7.44. The van der Waals surface area contributed by atoms with Crippen LogP contribution in [0.3, 0.4) is 0 Å². The topological polar surface area (TPSA) is 85.1 Å². The standard InChI is InChI=1S/C17H8F5N3O3/c18-9-3-10(19)5-11(4-9)25-15(26)12(16(27)28)6-13(24-25)8-1-2-14(23-7-8)17(20,21)22/h1-7H,(H,27,28). The first-order valence-electron chi connectivity index (χ1n) is 7.44. The number of rotatable bonds is 3. The molecule has 0 bridgehead atoms. The number of carboxylic acid groups (broad SMARTS) is 1. The van der Waals surface area contributed by atoms with Gasteiger partial charge in [0.15, 0.2) is 0 Å². The van der Waals surface area contributed by atoms with Crippen molar-refractivity contribution >= 4 is 5.97 Å². The van der Waals surface area contributed by atoms with Crippen molar-refractivity contribution in [2.75, 3.05) is 0 Å². The van der Waals surface area contributed by atoms with Crippen molar-refractivity contribution in [1.29, 1.82) is 0 Å². The number of hydrogen-bond donors (Lipinski definition) is 1. The Morgan fingerprint density at radius 3 is 2.18 bits per heavy atom. The molecular weight excluding hydrogens is 389 g/mol. The highest BCUT2D eigenvalue weighted by Crippen LogP contribution is 2.28. The number of aromatic nitrogens is 3. The van der Waals surface area contributed by atoms with E-state index in [-0.39, 0.29) is 11.3 Å². The minimum absolute atomic E-state index is 0.0406. The summed E-state index contributed by atoms with van der Waals surface area (Å²) in [6, 6.07) is 4.49. The van der Waals surface area contributed by atoms with Crippen LogP contribution in [0.25, 0.3) is 16.9 Å². The van der Waals surface area contributed by atoms with Gasteiger partial charge in [0.2, 0.25) is 0 Å². The van der Waals surface area contributed by atoms with E-state index in [2.05, 4.69) is 10.1 Å². The van der Waals surface area contributed by atoms with Crippen molar-refractivity contribution in [1.82, 2.24) is 14.8 Å². The first-order chi connectivity index (χ1) is 13.1. The lowest BCUT2D eigenvalue weighted by Gasteiger charge is -2.10. The molecule has 144 valence electrons. The van der Waals surface area contributed by atoms with Gasteiger partial charge in [0.1, 0.15) is 22.9 Å². The van der Waals surface area contributed by atoms with Crippen LogP contribution in [0.5, 0.6) is 0 Å². The van der Waals surface area contributed by atoms with Crippen molar-refractivity contribution in [3.8, 4) is 16.9 Å². The highest BCUT2D eigenvalue weighted by molar-refractivity contribution is 5.88. The number of carboxylic acids is 1. The maximum absolute atomic E-state index is 13.5. The lowest BCUT2D eigenvalue weighted by atomic mass is 10.1. The number of carbonyl (C=O) groups is 1. The van der Waals surface area contributed by atoms with Crippen LogP contribution in [0.4, 0.5) is 22.0 Å². The molecule has 3 rings (SSSR count). The van der Waals surface area contributed by atoms with Crippen molar-refractivity contribution in [2.24, 2.45) is 0 Å². The largest absolute Gasteiger partial charge is 0.477 e. The highest BCUT2D eigenvalue weighted by atomic mass is 19.4. The number of halogens is 5. The van der Waals surface area contributed by atoms with Crippen molar-refractivity contribution in [3.63, 3.8) is 0 Å². The summed E-state index contributed by atoms with van der Waals surface area (Å²) in [5.74, 6) is -3.73. The van der Waals surface area contributed by atoms with Crippen LogP contribution in [0.2, 0.25) is 0 Å². The van der Waals surface area contributed by atoms with E-state index in [4.69, 9.17) is 0 Å². The quantitative estimate of drug-likeness (QED) is 0.686. The first kappa shape index (κ1) is 19.1. The van der Waals surface area contributed by atoms with E-state index in [9.17, 15) is 36.6 Å².